The Hall–Kier alpha value is -2.04. The predicted octanol–water partition coefficient (Wildman–Crippen LogP) is 2.62. The molecule has 2 heterocycles. The highest BCUT2D eigenvalue weighted by Gasteiger charge is 2.29. The topological polar surface area (TPSA) is 43.9 Å². The largest absolute Gasteiger partial charge is 0.368 e. The fourth-order valence-electron chi connectivity index (χ4n) is 3.56. The van der Waals surface area contributed by atoms with Gasteiger partial charge < -0.3 is 14.7 Å². The lowest BCUT2D eigenvalue weighted by atomic mass is 9.94. The molecule has 5 heteroatoms. The van der Waals surface area contributed by atoms with Crippen LogP contribution >= 0.6 is 0 Å². The summed E-state index contributed by atoms with van der Waals surface area (Å²) in [5.74, 6) is 0.364. The van der Waals surface area contributed by atoms with Gasteiger partial charge >= 0.3 is 0 Å². The summed E-state index contributed by atoms with van der Waals surface area (Å²) in [6, 6.07) is 7.93. The summed E-state index contributed by atoms with van der Waals surface area (Å²) in [4.78, 5) is 31.0. The molecule has 2 aliphatic heterocycles. The first-order chi connectivity index (χ1) is 11.9. The summed E-state index contributed by atoms with van der Waals surface area (Å²) in [5, 5.41) is 0. The van der Waals surface area contributed by atoms with Crippen LogP contribution < -0.4 is 4.90 Å². The molecular formula is C20H29N3O2. The van der Waals surface area contributed by atoms with Crippen LogP contribution in [-0.2, 0) is 4.79 Å². The second-order valence-electron chi connectivity index (χ2n) is 8.08. The zero-order valence-corrected chi connectivity index (χ0v) is 15.6. The summed E-state index contributed by atoms with van der Waals surface area (Å²) in [5.41, 5.74) is 1.58. The molecule has 0 N–H and O–H groups in total. The maximum atomic E-state index is 12.4. The SMILES string of the molecule is CC(C)(C)C(=O)N1CCN(c2ccc(C(=O)N3CCCC3)cc2)CC1. The van der Waals surface area contributed by atoms with Crippen LogP contribution in [0.5, 0.6) is 0 Å². The Morgan fingerprint density at radius 3 is 1.88 bits per heavy atom. The Bertz CT molecular complexity index is 619. The van der Waals surface area contributed by atoms with E-state index in [0.717, 1.165) is 63.4 Å². The maximum absolute atomic E-state index is 12.4. The second kappa shape index (κ2) is 7.06. The number of hydrogen-bond acceptors (Lipinski definition) is 3. The molecule has 1 aromatic carbocycles. The van der Waals surface area contributed by atoms with E-state index in [9.17, 15) is 9.59 Å². The van der Waals surface area contributed by atoms with Crippen LogP contribution in [0, 0.1) is 5.41 Å². The van der Waals surface area contributed by atoms with Gasteiger partial charge in [-0.1, -0.05) is 20.8 Å². The summed E-state index contributed by atoms with van der Waals surface area (Å²) >= 11 is 0. The van der Waals surface area contributed by atoms with Gasteiger partial charge in [0.2, 0.25) is 5.91 Å². The monoisotopic (exact) mass is 343 g/mol. The lowest BCUT2D eigenvalue weighted by Crippen LogP contribution is -2.51. The van der Waals surface area contributed by atoms with Crippen LogP contribution in [0.15, 0.2) is 24.3 Å². The fourth-order valence-corrected chi connectivity index (χ4v) is 3.56. The molecule has 0 aliphatic carbocycles. The summed E-state index contributed by atoms with van der Waals surface area (Å²) in [7, 11) is 0. The molecule has 5 nitrogen and oxygen atoms in total. The van der Waals surface area contributed by atoms with E-state index >= 15 is 0 Å². The van der Waals surface area contributed by atoms with Crippen molar-refractivity contribution >= 4 is 17.5 Å². The van der Waals surface area contributed by atoms with E-state index in [1.807, 2.05) is 54.8 Å². The maximum Gasteiger partial charge on any atom is 0.253 e. The molecule has 0 saturated carbocycles. The standard InChI is InChI=1S/C20H29N3O2/c1-20(2,3)19(25)23-14-12-21(13-15-23)17-8-6-16(7-9-17)18(24)22-10-4-5-11-22/h6-9H,4-5,10-15H2,1-3H3. The van der Waals surface area contributed by atoms with Crippen molar-refractivity contribution < 1.29 is 9.59 Å². The van der Waals surface area contributed by atoms with E-state index in [-0.39, 0.29) is 17.2 Å². The molecule has 0 unspecified atom stereocenters. The van der Waals surface area contributed by atoms with Crippen LogP contribution in [0.2, 0.25) is 0 Å². The van der Waals surface area contributed by atoms with Crippen LogP contribution in [0.25, 0.3) is 0 Å². The average Bonchev–Trinajstić information content (AvgIpc) is 3.14. The van der Waals surface area contributed by atoms with E-state index in [2.05, 4.69) is 4.90 Å². The number of carbonyl (C=O) groups is 2. The van der Waals surface area contributed by atoms with Gasteiger partial charge in [-0.25, -0.2) is 0 Å². The molecule has 0 aromatic heterocycles. The lowest BCUT2D eigenvalue weighted by Gasteiger charge is -2.38. The zero-order chi connectivity index (χ0) is 18.0. The van der Waals surface area contributed by atoms with E-state index in [4.69, 9.17) is 0 Å². The van der Waals surface area contributed by atoms with Crippen molar-refractivity contribution in [1.29, 1.82) is 0 Å². The molecule has 3 rings (SSSR count). The van der Waals surface area contributed by atoms with Gasteiger partial charge in [0.1, 0.15) is 0 Å². The van der Waals surface area contributed by atoms with Crippen molar-refractivity contribution in [1.82, 2.24) is 9.80 Å². The number of piperazine rings is 1. The fraction of sp³-hybridized carbons (Fsp3) is 0.600. The van der Waals surface area contributed by atoms with Gasteiger partial charge in [0.25, 0.3) is 5.91 Å². The Kier molecular flexibility index (Phi) is 5.02. The minimum Gasteiger partial charge on any atom is -0.368 e. The Labute approximate surface area is 150 Å². The van der Waals surface area contributed by atoms with Crippen LogP contribution in [0.1, 0.15) is 44.0 Å². The highest BCUT2D eigenvalue weighted by molar-refractivity contribution is 5.94. The molecule has 2 fully saturated rings. The van der Waals surface area contributed by atoms with Crippen molar-refractivity contribution in [3.63, 3.8) is 0 Å². The third-order valence-electron chi connectivity index (χ3n) is 5.08. The molecule has 1 aromatic rings. The van der Waals surface area contributed by atoms with Crippen LogP contribution in [-0.4, -0.2) is 60.9 Å². The van der Waals surface area contributed by atoms with Crippen molar-refractivity contribution in [3.8, 4) is 0 Å². The molecule has 2 amide bonds. The first kappa shape index (κ1) is 17.8. The van der Waals surface area contributed by atoms with Gasteiger partial charge in [0.05, 0.1) is 0 Å². The van der Waals surface area contributed by atoms with Crippen molar-refractivity contribution in [3.05, 3.63) is 29.8 Å². The molecule has 25 heavy (non-hydrogen) atoms. The van der Waals surface area contributed by atoms with Crippen molar-refractivity contribution in [2.75, 3.05) is 44.2 Å². The highest BCUT2D eigenvalue weighted by atomic mass is 16.2. The quantitative estimate of drug-likeness (QED) is 0.829. The molecular weight excluding hydrogens is 314 g/mol. The third-order valence-corrected chi connectivity index (χ3v) is 5.08. The van der Waals surface area contributed by atoms with Gasteiger partial charge in [0.15, 0.2) is 0 Å². The number of carbonyl (C=O) groups excluding carboxylic acids is 2. The molecule has 136 valence electrons. The van der Waals surface area contributed by atoms with Gasteiger partial charge in [-0.05, 0) is 37.1 Å². The number of benzene rings is 1. The van der Waals surface area contributed by atoms with Gasteiger partial charge in [0, 0.05) is 55.9 Å². The normalized spacial score (nSPS) is 18.6. The number of rotatable bonds is 2. The van der Waals surface area contributed by atoms with E-state index in [1.165, 1.54) is 0 Å². The van der Waals surface area contributed by atoms with Gasteiger partial charge in [-0.3, -0.25) is 9.59 Å². The van der Waals surface area contributed by atoms with Crippen LogP contribution in [0.3, 0.4) is 0 Å². The smallest absolute Gasteiger partial charge is 0.253 e. The third kappa shape index (κ3) is 3.97. The second-order valence-corrected chi connectivity index (χ2v) is 8.08. The van der Waals surface area contributed by atoms with Gasteiger partial charge in [-0.2, -0.15) is 0 Å². The number of amides is 2. The first-order valence-corrected chi connectivity index (χ1v) is 9.30. The lowest BCUT2D eigenvalue weighted by molar-refractivity contribution is -0.139. The number of likely N-dealkylation sites (tertiary alicyclic amines) is 1. The molecule has 0 atom stereocenters. The van der Waals surface area contributed by atoms with Crippen LogP contribution in [0.4, 0.5) is 5.69 Å². The molecule has 0 bridgehead atoms. The molecule has 2 saturated heterocycles. The Morgan fingerprint density at radius 2 is 1.36 bits per heavy atom. The number of anilines is 1. The van der Waals surface area contributed by atoms with Gasteiger partial charge in [-0.15, -0.1) is 0 Å². The minimum atomic E-state index is -0.320. The molecule has 0 spiro atoms. The van der Waals surface area contributed by atoms with E-state index in [1.54, 1.807) is 0 Å². The van der Waals surface area contributed by atoms with E-state index in [0.29, 0.717) is 0 Å². The first-order valence-electron chi connectivity index (χ1n) is 9.30. The number of hydrogen-bond donors (Lipinski definition) is 0. The molecule has 0 radical (unpaired) electrons. The molecule has 2 aliphatic rings. The zero-order valence-electron chi connectivity index (χ0n) is 15.6. The van der Waals surface area contributed by atoms with Crippen molar-refractivity contribution in [2.45, 2.75) is 33.6 Å². The summed E-state index contributed by atoms with van der Waals surface area (Å²) < 4.78 is 0. The summed E-state index contributed by atoms with van der Waals surface area (Å²) in [6.07, 6.45) is 2.22. The Morgan fingerprint density at radius 1 is 0.800 bits per heavy atom. The number of nitrogens with zero attached hydrogens (tertiary/aromatic N) is 3. The highest BCUT2D eigenvalue weighted by Crippen LogP contribution is 2.22. The van der Waals surface area contributed by atoms with E-state index < -0.39 is 0 Å². The minimum absolute atomic E-state index is 0.143. The summed E-state index contributed by atoms with van der Waals surface area (Å²) in [6.45, 7) is 10.8. The van der Waals surface area contributed by atoms with Crippen molar-refractivity contribution in [2.24, 2.45) is 5.41 Å². The predicted molar refractivity (Wildman–Crippen MR) is 99.8 cm³/mol. The average molecular weight is 343 g/mol. The Balaban J connectivity index is 1.59.